The topological polar surface area (TPSA) is 87.4 Å². The van der Waals surface area contributed by atoms with E-state index in [1.54, 1.807) is 30.3 Å². The summed E-state index contributed by atoms with van der Waals surface area (Å²) < 4.78 is 12.3. The summed E-state index contributed by atoms with van der Waals surface area (Å²) in [5.41, 5.74) is -0.446. The number of hydrogen-bond acceptors (Lipinski definition) is 6. The van der Waals surface area contributed by atoms with Crippen LogP contribution in [-0.2, 0) is 0 Å². The minimum absolute atomic E-state index is 0.191. The van der Waals surface area contributed by atoms with Gasteiger partial charge in [-0.05, 0) is 35.7 Å². The molecule has 4 aromatic rings. The Hall–Kier alpha value is -3.52. The maximum Gasteiger partial charge on any atom is 0.393 e. The lowest BCUT2D eigenvalue weighted by molar-refractivity contribution is -0.387. The Bertz CT molecular complexity index is 1160. The first-order chi connectivity index (χ1) is 13.6. The maximum absolute atomic E-state index is 11.7. The van der Waals surface area contributed by atoms with Crippen molar-refractivity contribution in [3.05, 3.63) is 87.6 Å². The molecule has 0 aliphatic carbocycles. The largest absolute Gasteiger partial charge is 0.433 e. The molecule has 0 saturated heterocycles. The van der Waals surface area contributed by atoms with Crippen LogP contribution in [0.3, 0.4) is 0 Å². The molecule has 0 spiro atoms. The number of ether oxygens (including phenoxy) is 2. The van der Waals surface area contributed by atoms with E-state index in [1.165, 1.54) is 6.33 Å². The van der Waals surface area contributed by atoms with Crippen LogP contribution >= 0.6 is 15.9 Å². The van der Waals surface area contributed by atoms with Crippen LogP contribution in [0.1, 0.15) is 0 Å². The van der Waals surface area contributed by atoms with Crippen molar-refractivity contribution in [3.63, 3.8) is 0 Å². The van der Waals surface area contributed by atoms with E-state index < -0.39 is 10.6 Å². The third kappa shape index (κ3) is 3.63. The highest BCUT2D eigenvalue weighted by atomic mass is 79.9. The van der Waals surface area contributed by atoms with Crippen LogP contribution in [0.2, 0.25) is 0 Å². The van der Waals surface area contributed by atoms with E-state index in [9.17, 15) is 10.1 Å². The van der Waals surface area contributed by atoms with Gasteiger partial charge in [0.25, 0.3) is 0 Å². The van der Waals surface area contributed by atoms with Crippen LogP contribution in [0.4, 0.5) is 5.69 Å². The zero-order chi connectivity index (χ0) is 19.5. The van der Waals surface area contributed by atoms with Gasteiger partial charge in [0.1, 0.15) is 17.8 Å². The van der Waals surface area contributed by atoms with Gasteiger partial charge < -0.3 is 9.47 Å². The van der Waals surface area contributed by atoms with Crippen molar-refractivity contribution in [2.45, 2.75) is 0 Å². The molecule has 7 nitrogen and oxygen atoms in total. The summed E-state index contributed by atoms with van der Waals surface area (Å²) in [5, 5.41) is 13.5. The zero-order valence-electron chi connectivity index (χ0n) is 14.3. The number of benzene rings is 3. The molecule has 0 amide bonds. The average molecular weight is 438 g/mol. The molecule has 28 heavy (non-hydrogen) atoms. The first-order valence-electron chi connectivity index (χ1n) is 8.20. The molecule has 0 bridgehead atoms. The lowest BCUT2D eigenvalue weighted by Gasteiger charge is -2.10. The summed E-state index contributed by atoms with van der Waals surface area (Å²) in [6.45, 7) is 0. The van der Waals surface area contributed by atoms with E-state index in [-0.39, 0.29) is 11.8 Å². The van der Waals surface area contributed by atoms with Crippen molar-refractivity contribution in [3.8, 4) is 23.3 Å². The van der Waals surface area contributed by atoms with Crippen LogP contribution in [0.15, 0.2) is 77.5 Å². The predicted octanol–water partition coefficient (Wildman–Crippen LogP) is 5.89. The molecular formula is C20H12BrN3O4. The molecule has 0 unspecified atom stereocenters. The van der Waals surface area contributed by atoms with Gasteiger partial charge in [-0.15, -0.1) is 0 Å². The Morgan fingerprint density at radius 3 is 2.29 bits per heavy atom. The Kier molecular flexibility index (Phi) is 4.86. The smallest absolute Gasteiger partial charge is 0.393 e. The minimum Gasteiger partial charge on any atom is -0.433 e. The number of nitrogens with zero attached hydrogens (tertiary/aromatic N) is 3. The van der Waals surface area contributed by atoms with Crippen LogP contribution in [-0.4, -0.2) is 14.9 Å². The van der Waals surface area contributed by atoms with Crippen molar-refractivity contribution in [1.29, 1.82) is 0 Å². The van der Waals surface area contributed by atoms with Crippen molar-refractivity contribution >= 4 is 32.4 Å². The van der Waals surface area contributed by atoms with E-state index in [1.807, 2.05) is 36.4 Å². The second kappa shape index (κ2) is 7.61. The van der Waals surface area contributed by atoms with Crippen molar-refractivity contribution < 1.29 is 14.4 Å². The molecule has 0 aliphatic rings. The van der Waals surface area contributed by atoms with Gasteiger partial charge in [-0.1, -0.05) is 52.3 Å². The van der Waals surface area contributed by atoms with E-state index in [2.05, 4.69) is 25.9 Å². The fourth-order valence-electron chi connectivity index (χ4n) is 2.66. The molecule has 0 aliphatic heterocycles. The molecular weight excluding hydrogens is 426 g/mol. The molecule has 4 rings (SSSR count). The molecule has 8 heteroatoms. The van der Waals surface area contributed by atoms with Gasteiger partial charge in [0.15, 0.2) is 0 Å². The Morgan fingerprint density at radius 2 is 1.54 bits per heavy atom. The average Bonchev–Trinajstić information content (AvgIpc) is 2.70. The van der Waals surface area contributed by atoms with Crippen molar-refractivity contribution in [1.82, 2.24) is 9.97 Å². The normalized spacial score (nSPS) is 10.6. The van der Waals surface area contributed by atoms with Crippen LogP contribution in [0.25, 0.3) is 10.8 Å². The molecule has 0 saturated carbocycles. The minimum atomic E-state index is -0.616. The number of halogens is 1. The zero-order valence-corrected chi connectivity index (χ0v) is 15.9. The summed E-state index contributed by atoms with van der Waals surface area (Å²) in [6, 6.07) is 19.9. The molecule has 0 fully saturated rings. The lowest BCUT2D eigenvalue weighted by Crippen LogP contribution is -2.01. The van der Waals surface area contributed by atoms with Crippen LogP contribution in [0.5, 0.6) is 23.3 Å². The monoisotopic (exact) mass is 437 g/mol. The van der Waals surface area contributed by atoms with Crippen molar-refractivity contribution in [2.24, 2.45) is 0 Å². The van der Waals surface area contributed by atoms with Crippen LogP contribution in [0, 0.1) is 10.1 Å². The van der Waals surface area contributed by atoms with Gasteiger partial charge in [-0.25, -0.2) is 0 Å². The van der Waals surface area contributed by atoms with E-state index in [4.69, 9.17) is 9.47 Å². The van der Waals surface area contributed by atoms with E-state index in [0.717, 1.165) is 15.2 Å². The predicted molar refractivity (Wildman–Crippen MR) is 107 cm³/mol. The van der Waals surface area contributed by atoms with Gasteiger partial charge in [-0.3, -0.25) is 10.1 Å². The lowest BCUT2D eigenvalue weighted by atomic mass is 10.1. The molecule has 1 heterocycles. The highest BCUT2D eigenvalue weighted by Gasteiger charge is 2.27. The number of rotatable bonds is 5. The second-order valence-electron chi connectivity index (χ2n) is 5.73. The summed E-state index contributed by atoms with van der Waals surface area (Å²) in [6.07, 6.45) is 1.17. The molecule has 3 aromatic carbocycles. The fourth-order valence-corrected chi connectivity index (χ4v) is 2.92. The summed E-state index contributed by atoms with van der Waals surface area (Å²) >= 11 is 3.33. The quantitative estimate of drug-likeness (QED) is 0.286. The van der Waals surface area contributed by atoms with Gasteiger partial charge in [-0.2, -0.15) is 9.97 Å². The van der Waals surface area contributed by atoms with Gasteiger partial charge in [0.05, 0.1) is 4.92 Å². The SMILES string of the molecule is O=[N+]([O-])c1c(Oc2ccc(Br)cc2)ncnc1Oc1cccc2ccccc12. The first kappa shape index (κ1) is 17.9. The molecule has 0 radical (unpaired) electrons. The van der Waals surface area contributed by atoms with Gasteiger partial charge in [0.2, 0.25) is 0 Å². The van der Waals surface area contributed by atoms with Crippen molar-refractivity contribution in [2.75, 3.05) is 0 Å². The summed E-state index contributed by atoms with van der Waals surface area (Å²) in [7, 11) is 0. The third-order valence-corrected chi connectivity index (χ3v) is 4.45. The molecule has 1 aromatic heterocycles. The number of aromatic nitrogens is 2. The Morgan fingerprint density at radius 1 is 0.857 bits per heavy atom. The van der Waals surface area contributed by atoms with Crippen LogP contribution < -0.4 is 9.47 Å². The van der Waals surface area contributed by atoms with Gasteiger partial charge in [0, 0.05) is 9.86 Å². The van der Waals surface area contributed by atoms with Gasteiger partial charge >= 0.3 is 17.4 Å². The van der Waals surface area contributed by atoms with E-state index >= 15 is 0 Å². The number of fused-ring (bicyclic) bond motifs is 1. The highest BCUT2D eigenvalue weighted by molar-refractivity contribution is 9.10. The second-order valence-corrected chi connectivity index (χ2v) is 6.64. The summed E-state index contributed by atoms with van der Waals surface area (Å²) in [4.78, 5) is 19.0. The highest BCUT2D eigenvalue weighted by Crippen LogP contribution is 2.39. The standard InChI is InChI=1S/C20H12BrN3O4/c21-14-8-10-15(11-9-14)27-19-18(24(25)26)20(23-12-22-19)28-17-7-3-5-13-4-1-2-6-16(13)17/h1-12H. The number of nitro groups is 1. The molecule has 0 N–H and O–H groups in total. The summed E-state index contributed by atoms with van der Waals surface area (Å²) in [5.74, 6) is 0.469. The maximum atomic E-state index is 11.7. The molecule has 138 valence electrons. The Balaban J connectivity index is 1.74. The third-order valence-electron chi connectivity index (χ3n) is 3.92. The number of hydrogen-bond donors (Lipinski definition) is 0. The Labute approximate surface area is 167 Å². The molecule has 0 atom stereocenters. The van der Waals surface area contributed by atoms with E-state index in [0.29, 0.717) is 11.5 Å². The first-order valence-corrected chi connectivity index (χ1v) is 8.99. The fraction of sp³-hybridized carbons (Fsp3) is 0.